The van der Waals surface area contributed by atoms with Gasteiger partial charge in [0.25, 0.3) is 11.8 Å². The number of nitrogens with two attached hydrogens (primary N) is 1. The van der Waals surface area contributed by atoms with E-state index >= 15 is 0 Å². The number of hydrogen-bond donors (Lipinski definition) is 3. The molecule has 1 fully saturated rings. The summed E-state index contributed by atoms with van der Waals surface area (Å²) in [5, 5.41) is 16.9. The van der Waals surface area contributed by atoms with Crippen LogP contribution < -0.4 is 5.73 Å². The number of anilines is 1. The van der Waals surface area contributed by atoms with E-state index in [1.807, 2.05) is 19.0 Å². The van der Waals surface area contributed by atoms with Crippen molar-refractivity contribution in [1.82, 2.24) is 14.7 Å². The Morgan fingerprint density at radius 1 is 1.21 bits per heavy atom. The number of unbranched alkanes of at least 4 members (excludes halogenated alkanes) is 1. The second kappa shape index (κ2) is 9.82. The van der Waals surface area contributed by atoms with Gasteiger partial charge in [0.05, 0.1) is 11.1 Å². The normalized spacial score (nSPS) is 19.6. The van der Waals surface area contributed by atoms with Crippen LogP contribution in [-0.2, 0) is 9.59 Å². The second-order valence-electron chi connectivity index (χ2n) is 9.37. The van der Waals surface area contributed by atoms with Gasteiger partial charge in [-0.2, -0.15) is 0 Å². The Hall–Kier alpha value is -3.07. The third kappa shape index (κ3) is 4.68. The Bertz CT molecular complexity index is 978. The number of piperidine rings is 1. The third-order valence-corrected chi connectivity index (χ3v) is 6.44. The third-order valence-electron chi connectivity index (χ3n) is 6.44. The summed E-state index contributed by atoms with van der Waals surface area (Å²) in [5.74, 6) is -0.886. The summed E-state index contributed by atoms with van der Waals surface area (Å²) in [6, 6.07) is 4.06. The van der Waals surface area contributed by atoms with Crippen LogP contribution in [0.5, 0.6) is 0 Å². The van der Waals surface area contributed by atoms with Crippen LogP contribution in [0, 0.1) is 16.7 Å². The molecule has 0 radical (unpaired) electrons. The molecule has 1 unspecified atom stereocenters. The first-order valence-electron chi connectivity index (χ1n) is 11.4. The first-order chi connectivity index (χ1) is 15.6. The van der Waals surface area contributed by atoms with Gasteiger partial charge in [-0.3, -0.25) is 29.6 Å². The molecule has 1 aromatic rings. The maximum absolute atomic E-state index is 13.2. The molecule has 33 heavy (non-hydrogen) atoms. The summed E-state index contributed by atoms with van der Waals surface area (Å²) in [4.78, 5) is 43.1. The van der Waals surface area contributed by atoms with Gasteiger partial charge in [-0.05, 0) is 57.8 Å². The summed E-state index contributed by atoms with van der Waals surface area (Å²) >= 11 is 0. The molecule has 9 heteroatoms. The van der Waals surface area contributed by atoms with E-state index in [1.54, 1.807) is 18.2 Å². The largest absolute Gasteiger partial charge is 0.398 e. The number of amidine groups is 1. The number of amides is 3. The van der Waals surface area contributed by atoms with Crippen molar-refractivity contribution >= 4 is 35.0 Å². The van der Waals surface area contributed by atoms with Crippen LogP contribution in [0.3, 0.4) is 0 Å². The number of rotatable bonds is 9. The lowest BCUT2D eigenvalue weighted by atomic mass is 9.94. The number of fused-ring (bicyclic) bond motifs is 1. The van der Waals surface area contributed by atoms with Gasteiger partial charge >= 0.3 is 0 Å². The first-order valence-corrected chi connectivity index (χ1v) is 11.4. The number of nitrogen functional groups attached to an aromatic ring is 1. The molecule has 4 N–H and O–H groups in total. The number of benzene rings is 1. The molecule has 0 spiro atoms. The van der Waals surface area contributed by atoms with E-state index in [2.05, 4.69) is 13.8 Å². The molecule has 3 amide bonds. The van der Waals surface area contributed by atoms with Crippen LogP contribution in [0.1, 0.15) is 61.9 Å². The molecule has 2 heterocycles. The van der Waals surface area contributed by atoms with Crippen LogP contribution >= 0.6 is 0 Å². The number of nitrogens with zero attached hydrogens (tertiary/aromatic N) is 3. The van der Waals surface area contributed by atoms with Crippen LogP contribution in [0.4, 0.5) is 5.69 Å². The van der Waals surface area contributed by atoms with Crippen molar-refractivity contribution in [1.29, 1.82) is 10.8 Å². The number of hydrogen-bond acceptors (Lipinski definition) is 7. The second-order valence-corrected chi connectivity index (χ2v) is 9.37. The van der Waals surface area contributed by atoms with Gasteiger partial charge in [0.2, 0.25) is 5.91 Å². The van der Waals surface area contributed by atoms with Gasteiger partial charge in [0.1, 0.15) is 11.9 Å². The molecule has 2 atom stereocenters. The van der Waals surface area contributed by atoms with E-state index in [1.165, 1.54) is 9.80 Å². The molecule has 0 bridgehead atoms. The molecular weight excluding hydrogens is 420 g/mol. The molecule has 1 aromatic carbocycles. The lowest BCUT2D eigenvalue weighted by Gasteiger charge is -2.35. The van der Waals surface area contributed by atoms with Gasteiger partial charge in [0.15, 0.2) is 0 Å². The summed E-state index contributed by atoms with van der Waals surface area (Å²) in [7, 11) is 3.93. The molecule has 2 aliphatic heterocycles. The first kappa shape index (κ1) is 24.6. The molecule has 9 nitrogen and oxygen atoms in total. The van der Waals surface area contributed by atoms with Gasteiger partial charge in [-0.15, -0.1) is 0 Å². The highest BCUT2D eigenvalue weighted by Gasteiger charge is 2.45. The van der Waals surface area contributed by atoms with E-state index in [0.29, 0.717) is 47.7 Å². The van der Waals surface area contributed by atoms with Crippen LogP contribution in [0.25, 0.3) is 0 Å². The summed E-state index contributed by atoms with van der Waals surface area (Å²) in [6.45, 7) is 4.43. The summed E-state index contributed by atoms with van der Waals surface area (Å²) in [5.41, 5.74) is 7.61. The fraction of sp³-hybridized carbons (Fsp3) is 0.542. The number of likely N-dealkylation sites (tertiary alicyclic amines) is 1. The average molecular weight is 455 g/mol. The molecule has 0 aromatic heterocycles. The zero-order valence-electron chi connectivity index (χ0n) is 19.9. The van der Waals surface area contributed by atoms with Gasteiger partial charge in [-0.1, -0.05) is 19.9 Å². The standard InChI is InChI=1S/C24H34N6O3/c1-14(2)21(28(3)4)17(26)9-5-6-13-29-19(31)12-11-18(24(29)33)30-22(27)20-15(23(30)32)8-7-10-16(20)25/h7-8,10,14,18,21,26-27H,5-6,9,11-13,25H2,1-4H3/t18?,21-/m0/s1. The summed E-state index contributed by atoms with van der Waals surface area (Å²) < 4.78 is 0. The van der Waals surface area contributed by atoms with Crippen molar-refractivity contribution in [3.8, 4) is 0 Å². The smallest absolute Gasteiger partial charge is 0.261 e. The highest BCUT2D eigenvalue weighted by Crippen LogP contribution is 2.32. The molecule has 2 aliphatic rings. The van der Waals surface area contributed by atoms with Crippen LogP contribution in [0.2, 0.25) is 0 Å². The SMILES string of the molecule is CC(C)[C@@H](C(=N)CCCCN1C(=O)CCC(N2C(=N)c3c(N)cccc3C2=O)C1=O)N(C)C. The van der Waals surface area contributed by atoms with Gasteiger partial charge < -0.3 is 16.0 Å². The van der Waals surface area contributed by atoms with Crippen molar-refractivity contribution in [2.45, 2.75) is 58.0 Å². The molecule has 0 saturated carbocycles. The zero-order valence-corrected chi connectivity index (χ0v) is 19.9. The van der Waals surface area contributed by atoms with Crippen molar-refractivity contribution in [2.75, 3.05) is 26.4 Å². The van der Waals surface area contributed by atoms with Crippen LogP contribution in [-0.4, -0.2) is 76.7 Å². The number of imide groups is 1. The number of carbonyl (C=O) groups excluding carboxylic acids is 3. The Morgan fingerprint density at radius 2 is 1.91 bits per heavy atom. The van der Waals surface area contributed by atoms with Gasteiger partial charge in [-0.25, -0.2) is 0 Å². The number of nitrogens with one attached hydrogen (secondary N) is 2. The van der Waals surface area contributed by atoms with Crippen LogP contribution in [0.15, 0.2) is 18.2 Å². The fourth-order valence-electron chi connectivity index (χ4n) is 5.00. The molecular formula is C24H34N6O3. The average Bonchev–Trinajstić information content (AvgIpc) is 2.98. The predicted octanol–water partition coefficient (Wildman–Crippen LogP) is 2.34. The Morgan fingerprint density at radius 3 is 2.52 bits per heavy atom. The highest BCUT2D eigenvalue weighted by molar-refractivity contribution is 6.26. The predicted molar refractivity (Wildman–Crippen MR) is 127 cm³/mol. The summed E-state index contributed by atoms with van der Waals surface area (Å²) in [6.07, 6.45) is 2.22. The number of carbonyl (C=O) groups is 3. The van der Waals surface area contributed by atoms with E-state index in [0.717, 1.165) is 0 Å². The van der Waals surface area contributed by atoms with E-state index in [9.17, 15) is 14.4 Å². The van der Waals surface area contributed by atoms with Gasteiger partial charge in [0, 0.05) is 30.4 Å². The quantitative estimate of drug-likeness (QED) is 0.228. The maximum atomic E-state index is 13.2. The molecule has 0 aliphatic carbocycles. The molecule has 3 rings (SSSR count). The fourth-order valence-corrected chi connectivity index (χ4v) is 5.00. The lowest BCUT2D eigenvalue weighted by molar-refractivity contribution is -0.151. The highest BCUT2D eigenvalue weighted by atomic mass is 16.2. The minimum absolute atomic E-state index is 0.0638. The topological polar surface area (TPSA) is 135 Å². The lowest BCUT2D eigenvalue weighted by Crippen LogP contribution is -2.56. The van der Waals surface area contributed by atoms with Crippen molar-refractivity contribution in [3.63, 3.8) is 0 Å². The van der Waals surface area contributed by atoms with Crippen molar-refractivity contribution in [2.24, 2.45) is 5.92 Å². The maximum Gasteiger partial charge on any atom is 0.261 e. The van der Waals surface area contributed by atoms with Crippen molar-refractivity contribution in [3.05, 3.63) is 29.3 Å². The molecule has 1 saturated heterocycles. The van der Waals surface area contributed by atoms with E-state index in [4.69, 9.17) is 16.6 Å². The minimum atomic E-state index is -0.883. The molecule has 178 valence electrons. The Labute approximate surface area is 194 Å². The Balaban J connectivity index is 1.64. The van der Waals surface area contributed by atoms with E-state index < -0.39 is 17.9 Å². The van der Waals surface area contributed by atoms with E-state index in [-0.39, 0.29) is 37.2 Å². The monoisotopic (exact) mass is 454 g/mol. The Kier molecular flexibility index (Phi) is 7.31. The van der Waals surface area contributed by atoms with Crippen molar-refractivity contribution < 1.29 is 14.4 Å². The zero-order chi connectivity index (χ0) is 24.4. The minimum Gasteiger partial charge on any atom is -0.398 e.